The van der Waals surface area contributed by atoms with Crippen LogP contribution in [0.25, 0.3) is 0 Å². The van der Waals surface area contributed by atoms with Gasteiger partial charge in [-0.1, -0.05) is 24.3 Å². The molecule has 0 aliphatic heterocycles. The normalized spacial score (nSPS) is 36.7. The molecule has 3 unspecified atom stereocenters. The van der Waals surface area contributed by atoms with E-state index in [1.165, 1.54) is 0 Å². The number of ether oxygens (including phenoxy) is 2. The van der Waals surface area contributed by atoms with Gasteiger partial charge in [0.15, 0.2) is 5.79 Å². The number of carbonyl (C=O) groups is 1. The minimum absolute atomic E-state index is 0.0271. The quantitative estimate of drug-likeness (QED) is 0.716. The van der Waals surface area contributed by atoms with Gasteiger partial charge >= 0.3 is 0 Å². The molecule has 2 saturated carbocycles. The van der Waals surface area contributed by atoms with Gasteiger partial charge in [-0.3, -0.25) is 4.79 Å². The molecule has 0 spiro atoms. The van der Waals surface area contributed by atoms with Gasteiger partial charge in [-0.25, -0.2) is 0 Å². The summed E-state index contributed by atoms with van der Waals surface area (Å²) in [4.78, 5) is 12.5. The third-order valence-corrected chi connectivity index (χ3v) is 5.02. The minimum Gasteiger partial charge on any atom is -0.353 e. The van der Waals surface area contributed by atoms with E-state index < -0.39 is 5.79 Å². The maximum atomic E-state index is 12.5. The Morgan fingerprint density at radius 3 is 2.39 bits per heavy atom. The number of hydrogen-bond donors (Lipinski definition) is 0. The van der Waals surface area contributed by atoms with Gasteiger partial charge in [0, 0.05) is 32.0 Å². The predicted molar refractivity (Wildman–Crippen MR) is 67.8 cm³/mol. The Labute approximate surface area is 108 Å². The van der Waals surface area contributed by atoms with Crippen LogP contribution in [0.4, 0.5) is 0 Å². The van der Waals surface area contributed by atoms with Crippen molar-refractivity contribution in [2.75, 3.05) is 14.2 Å². The molecule has 2 bridgehead atoms. The summed E-state index contributed by atoms with van der Waals surface area (Å²) in [6, 6.07) is 0. The van der Waals surface area contributed by atoms with Crippen LogP contribution in [0.2, 0.25) is 0 Å². The van der Waals surface area contributed by atoms with E-state index in [-0.39, 0.29) is 17.8 Å². The highest BCUT2D eigenvalue weighted by molar-refractivity contribution is 5.88. The molecule has 98 valence electrons. The van der Waals surface area contributed by atoms with Crippen molar-refractivity contribution in [3.8, 4) is 0 Å². The first-order chi connectivity index (χ1) is 8.73. The molecular formula is C15H20O3. The van der Waals surface area contributed by atoms with Crippen molar-refractivity contribution in [3.63, 3.8) is 0 Å². The lowest BCUT2D eigenvalue weighted by Gasteiger charge is -2.32. The van der Waals surface area contributed by atoms with E-state index in [0.29, 0.717) is 11.7 Å². The summed E-state index contributed by atoms with van der Waals surface area (Å²) < 4.78 is 11.3. The Bertz CT molecular complexity index is 394. The van der Waals surface area contributed by atoms with E-state index in [2.05, 4.69) is 0 Å². The van der Waals surface area contributed by atoms with Gasteiger partial charge in [0.1, 0.15) is 5.78 Å². The Kier molecular flexibility index (Phi) is 2.91. The summed E-state index contributed by atoms with van der Waals surface area (Å²) >= 11 is 0. The molecule has 18 heavy (non-hydrogen) atoms. The van der Waals surface area contributed by atoms with Crippen LogP contribution >= 0.6 is 0 Å². The number of hydrogen-bond acceptors (Lipinski definition) is 3. The van der Waals surface area contributed by atoms with E-state index in [4.69, 9.17) is 9.47 Å². The SMILES string of the molecule is COC1(OC)C2CCC1C(C(=O)C1C=CC=C1)C2. The molecule has 3 heteroatoms. The van der Waals surface area contributed by atoms with E-state index in [9.17, 15) is 4.79 Å². The molecule has 3 aliphatic rings. The topological polar surface area (TPSA) is 35.5 Å². The molecule has 3 aliphatic carbocycles. The van der Waals surface area contributed by atoms with Crippen molar-refractivity contribution >= 4 is 5.78 Å². The molecule has 0 aromatic rings. The van der Waals surface area contributed by atoms with E-state index in [1.54, 1.807) is 14.2 Å². The zero-order valence-electron chi connectivity index (χ0n) is 11.0. The minimum atomic E-state index is -0.508. The van der Waals surface area contributed by atoms with Crippen LogP contribution in [0.1, 0.15) is 19.3 Å². The zero-order chi connectivity index (χ0) is 12.8. The molecule has 2 fully saturated rings. The second kappa shape index (κ2) is 4.32. The molecule has 3 atom stereocenters. The second-order valence-electron chi connectivity index (χ2n) is 5.55. The van der Waals surface area contributed by atoms with Crippen LogP contribution in [-0.4, -0.2) is 25.8 Å². The first-order valence-electron chi connectivity index (χ1n) is 6.72. The number of Topliss-reactive ketones (excluding diaryl/α,β-unsaturated/α-hetero) is 1. The zero-order valence-corrected chi connectivity index (χ0v) is 11.0. The number of fused-ring (bicyclic) bond motifs is 2. The number of allylic oxidation sites excluding steroid dienone is 4. The molecule has 0 radical (unpaired) electrons. The summed E-state index contributed by atoms with van der Waals surface area (Å²) in [5.41, 5.74) is 0. The lowest BCUT2D eigenvalue weighted by atomic mass is 9.81. The van der Waals surface area contributed by atoms with Gasteiger partial charge in [-0.05, 0) is 19.3 Å². The van der Waals surface area contributed by atoms with Crippen molar-refractivity contribution in [2.24, 2.45) is 23.7 Å². The number of ketones is 1. The van der Waals surface area contributed by atoms with Gasteiger partial charge in [-0.2, -0.15) is 0 Å². The van der Waals surface area contributed by atoms with Crippen LogP contribution < -0.4 is 0 Å². The number of carbonyl (C=O) groups excluding carboxylic acids is 1. The fourth-order valence-electron chi connectivity index (χ4n) is 4.22. The van der Waals surface area contributed by atoms with E-state index in [0.717, 1.165) is 19.3 Å². The van der Waals surface area contributed by atoms with Gasteiger partial charge in [0.25, 0.3) is 0 Å². The first kappa shape index (κ1) is 12.1. The monoisotopic (exact) mass is 248 g/mol. The summed E-state index contributed by atoms with van der Waals surface area (Å²) in [5.74, 6) is 0.507. The lowest BCUT2D eigenvalue weighted by Crippen LogP contribution is -2.41. The summed E-state index contributed by atoms with van der Waals surface area (Å²) in [6.45, 7) is 0. The average molecular weight is 248 g/mol. The van der Waals surface area contributed by atoms with Crippen molar-refractivity contribution in [3.05, 3.63) is 24.3 Å². The van der Waals surface area contributed by atoms with E-state index in [1.807, 2.05) is 24.3 Å². The van der Waals surface area contributed by atoms with Crippen LogP contribution in [0.15, 0.2) is 24.3 Å². The van der Waals surface area contributed by atoms with Crippen molar-refractivity contribution in [2.45, 2.75) is 25.0 Å². The smallest absolute Gasteiger partial charge is 0.173 e. The Morgan fingerprint density at radius 1 is 1.17 bits per heavy atom. The standard InChI is InChI=1S/C15H20O3/c1-17-15(18-2)11-7-8-13(15)12(9-11)14(16)10-5-3-4-6-10/h3-6,10-13H,7-9H2,1-2H3. The third kappa shape index (κ3) is 1.47. The number of rotatable bonds is 4. The first-order valence-corrected chi connectivity index (χ1v) is 6.72. The predicted octanol–water partition coefficient (Wildman–Crippen LogP) is 2.33. The van der Waals surface area contributed by atoms with Crippen LogP contribution in [-0.2, 0) is 14.3 Å². The van der Waals surface area contributed by atoms with Crippen LogP contribution in [0.3, 0.4) is 0 Å². The number of methoxy groups -OCH3 is 2. The van der Waals surface area contributed by atoms with Gasteiger partial charge in [-0.15, -0.1) is 0 Å². The lowest BCUT2D eigenvalue weighted by molar-refractivity contribution is -0.237. The Hall–Kier alpha value is -0.930. The van der Waals surface area contributed by atoms with E-state index >= 15 is 0 Å². The molecule has 0 aromatic carbocycles. The maximum absolute atomic E-state index is 12.5. The molecule has 0 aromatic heterocycles. The van der Waals surface area contributed by atoms with Crippen molar-refractivity contribution in [1.29, 1.82) is 0 Å². The Morgan fingerprint density at radius 2 is 1.83 bits per heavy atom. The molecule has 0 N–H and O–H groups in total. The van der Waals surface area contributed by atoms with Crippen molar-refractivity contribution < 1.29 is 14.3 Å². The van der Waals surface area contributed by atoms with Gasteiger partial charge in [0.05, 0.1) is 5.92 Å². The fourth-order valence-corrected chi connectivity index (χ4v) is 4.22. The second-order valence-corrected chi connectivity index (χ2v) is 5.55. The molecule has 0 amide bonds. The van der Waals surface area contributed by atoms with Crippen LogP contribution in [0, 0.1) is 23.7 Å². The summed E-state index contributed by atoms with van der Waals surface area (Å²) in [6.07, 6.45) is 11.0. The third-order valence-electron chi connectivity index (χ3n) is 5.02. The summed E-state index contributed by atoms with van der Waals surface area (Å²) in [5, 5.41) is 0. The van der Waals surface area contributed by atoms with Crippen molar-refractivity contribution in [1.82, 2.24) is 0 Å². The molecule has 0 heterocycles. The average Bonchev–Trinajstić information content (AvgIpc) is 3.11. The molecule has 3 rings (SSSR count). The molecule has 0 saturated heterocycles. The summed E-state index contributed by atoms with van der Waals surface area (Å²) in [7, 11) is 3.41. The molecule has 3 nitrogen and oxygen atoms in total. The van der Waals surface area contributed by atoms with Crippen LogP contribution in [0.5, 0.6) is 0 Å². The highest BCUT2D eigenvalue weighted by Crippen LogP contribution is 2.58. The van der Waals surface area contributed by atoms with Gasteiger partial charge in [0.2, 0.25) is 0 Å². The van der Waals surface area contributed by atoms with Gasteiger partial charge < -0.3 is 9.47 Å². The fraction of sp³-hybridized carbons (Fsp3) is 0.667. The molecular weight excluding hydrogens is 228 g/mol. The Balaban J connectivity index is 1.83. The largest absolute Gasteiger partial charge is 0.353 e. The maximum Gasteiger partial charge on any atom is 0.173 e. The highest BCUT2D eigenvalue weighted by atomic mass is 16.7. The highest BCUT2D eigenvalue weighted by Gasteiger charge is 2.62.